The highest BCUT2D eigenvalue weighted by Crippen LogP contribution is 2.32. The van der Waals surface area contributed by atoms with E-state index in [0.29, 0.717) is 15.7 Å². The maximum Gasteiger partial charge on any atom is 0.255 e. The molecule has 20 heavy (non-hydrogen) atoms. The summed E-state index contributed by atoms with van der Waals surface area (Å²) < 4.78 is 0. The van der Waals surface area contributed by atoms with Crippen LogP contribution in [0.3, 0.4) is 0 Å². The number of nitrogens with two attached hydrogens (primary N) is 1. The second-order valence-electron chi connectivity index (χ2n) is 3.91. The summed E-state index contributed by atoms with van der Waals surface area (Å²) in [5.41, 5.74) is 6.46. The molecule has 0 bridgehead atoms. The topological polar surface area (TPSA) is 55.1 Å². The highest BCUT2D eigenvalue weighted by molar-refractivity contribution is 6.44. The molecular weight excluding hydrogens is 342 g/mol. The maximum absolute atomic E-state index is 12.1. The van der Waals surface area contributed by atoms with E-state index >= 15 is 0 Å². The summed E-state index contributed by atoms with van der Waals surface area (Å²) in [4.78, 5) is 12.1. The van der Waals surface area contributed by atoms with E-state index in [2.05, 4.69) is 5.32 Å². The number of nitrogens with one attached hydrogen (secondary N) is 1. The summed E-state index contributed by atoms with van der Waals surface area (Å²) in [7, 11) is 0. The van der Waals surface area contributed by atoms with Crippen molar-refractivity contribution in [3.63, 3.8) is 0 Å². The van der Waals surface area contributed by atoms with Gasteiger partial charge in [-0.3, -0.25) is 4.79 Å². The lowest BCUT2D eigenvalue weighted by molar-refractivity contribution is 0.102. The van der Waals surface area contributed by atoms with Gasteiger partial charge in [-0.25, -0.2) is 0 Å². The van der Waals surface area contributed by atoms with E-state index in [9.17, 15) is 4.79 Å². The van der Waals surface area contributed by atoms with Gasteiger partial charge in [-0.2, -0.15) is 0 Å². The standard InChI is InChI=1S/C13H8Cl4N2O/c14-7-2-1-3-8(15)12(7)19-13(20)6-4-9(16)11(17)10(18)5-6/h1-5H,18H2,(H,19,20). The third kappa shape index (κ3) is 3.13. The van der Waals surface area contributed by atoms with Gasteiger partial charge in [0, 0.05) is 5.56 Å². The molecule has 3 nitrogen and oxygen atoms in total. The summed E-state index contributed by atoms with van der Waals surface area (Å²) in [5, 5.41) is 3.68. The molecule has 0 aliphatic rings. The van der Waals surface area contributed by atoms with Gasteiger partial charge in [-0.1, -0.05) is 52.5 Å². The minimum absolute atomic E-state index is 0.196. The average molecular weight is 350 g/mol. The monoisotopic (exact) mass is 348 g/mol. The second-order valence-corrected chi connectivity index (χ2v) is 5.51. The molecule has 0 unspecified atom stereocenters. The Bertz CT molecular complexity index is 645. The SMILES string of the molecule is Nc1cc(C(=O)Nc2c(Cl)cccc2Cl)cc(Cl)c1Cl. The zero-order chi connectivity index (χ0) is 14.9. The number of hydrogen-bond acceptors (Lipinski definition) is 2. The minimum atomic E-state index is -0.440. The fourth-order valence-corrected chi connectivity index (χ4v) is 2.37. The lowest BCUT2D eigenvalue weighted by Crippen LogP contribution is -2.13. The molecule has 0 aromatic heterocycles. The first-order valence-electron chi connectivity index (χ1n) is 5.40. The van der Waals surface area contributed by atoms with Crippen molar-refractivity contribution in [1.82, 2.24) is 0 Å². The van der Waals surface area contributed by atoms with Crippen LogP contribution < -0.4 is 11.1 Å². The van der Waals surface area contributed by atoms with E-state index < -0.39 is 5.91 Å². The van der Waals surface area contributed by atoms with Crippen LogP contribution in [0.1, 0.15) is 10.4 Å². The summed E-state index contributed by atoms with van der Waals surface area (Å²) >= 11 is 23.7. The lowest BCUT2D eigenvalue weighted by Gasteiger charge is -2.10. The van der Waals surface area contributed by atoms with Crippen molar-refractivity contribution in [1.29, 1.82) is 0 Å². The van der Waals surface area contributed by atoms with Crippen molar-refractivity contribution in [2.45, 2.75) is 0 Å². The van der Waals surface area contributed by atoms with E-state index in [1.807, 2.05) is 0 Å². The highest BCUT2D eigenvalue weighted by Gasteiger charge is 2.14. The van der Waals surface area contributed by atoms with E-state index in [0.717, 1.165) is 0 Å². The number of benzene rings is 2. The molecule has 0 heterocycles. The zero-order valence-electron chi connectivity index (χ0n) is 9.88. The predicted octanol–water partition coefficient (Wildman–Crippen LogP) is 5.13. The van der Waals surface area contributed by atoms with Crippen molar-refractivity contribution in [3.8, 4) is 0 Å². The van der Waals surface area contributed by atoms with Crippen LogP contribution in [0.25, 0.3) is 0 Å². The fraction of sp³-hybridized carbons (Fsp3) is 0. The number of carbonyl (C=O) groups excluding carboxylic acids is 1. The maximum atomic E-state index is 12.1. The Hall–Kier alpha value is -1.13. The molecule has 0 aliphatic heterocycles. The first-order chi connectivity index (χ1) is 9.40. The Balaban J connectivity index is 2.34. The van der Waals surface area contributed by atoms with Gasteiger partial charge in [0.25, 0.3) is 5.91 Å². The first-order valence-corrected chi connectivity index (χ1v) is 6.91. The van der Waals surface area contributed by atoms with Gasteiger partial charge < -0.3 is 11.1 Å². The Morgan fingerprint density at radius 3 is 2.15 bits per heavy atom. The molecule has 7 heteroatoms. The number of halogens is 4. The van der Waals surface area contributed by atoms with Crippen molar-refractivity contribution >= 4 is 63.7 Å². The van der Waals surface area contributed by atoms with Crippen LogP contribution in [-0.4, -0.2) is 5.91 Å². The Morgan fingerprint density at radius 2 is 1.60 bits per heavy atom. The minimum Gasteiger partial charge on any atom is -0.397 e. The summed E-state index contributed by atoms with van der Waals surface area (Å²) in [5.74, 6) is -0.440. The van der Waals surface area contributed by atoms with Gasteiger partial charge in [0.2, 0.25) is 0 Å². The van der Waals surface area contributed by atoms with Crippen LogP contribution in [0.2, 0.25) is 20.1 Å². The van der Waals surface area contributed by atoms with Crippen molar-refractivity contribution < 1.29 is 4.79 Å². The average Bonchev–Trinajstić information content (AvgIpc) is 2.39. The summed E-state index contributed by atoms with van der Waals surface area (Å²) in [6.45, 7) is 0. The largest absolute Gasteiger partial charge is 0.397 e. The zero-order valence-corrected chi connectivity index (χ0v) is 12.9. The molecule has 3 N–H and O–H groups in total. The smallest absolute Gasteiger partial charge is 0.255 e. The van der Waals surface area contributed by atoms with Crippen LogP contribution in [0, 0.1) is 0 Å². The molecular formula is C13H8Cl4N2O. The molecule has 1 amide bonds. The van der Waals surface area contributed by atoms with Crippen LogP contribution in [0.5, 0.6) is 0 Å². The van der Waals surface area contributed by atoms with Crippen molar-refractivity contribution in [3.05, 3.63) is 56.0 Å². The third-order valence-electron chi connectivity index (χ3n) is 2.52. The van der Waals surface area contributed by atoms with Crippen LogP contribution >= 0.6 is 46.4 Å². The number of amides is 1. The molecule has 0 fully saturated rings. The Morgan fingerprint density at radius 1 is 1.00 bits per heavy atom. The number of para-hydroxylation sites is 1. The Labute approximate surface area is 135 Å². The Kier molecular flexibility index (Phi) is 4.66. The summed E-state index contributed by atoms with van der Waals surface area (Å²) in [6, 6.07) is 7.75. The highest BCUT2D eigenvalue weighted by atomic mass is 35.5. The molecule has 2 aromatic rings. The molecule has 0 saturated heterocycles. The second kappa shape index (κ2) is 6.10. The number of carbonyl (C=O) groups is 1. The fourth-order valence-electron chi connectivity index (χ4n) is 1.54. The molecule has 0 saturated carbocycles. The van der Waals surface area contributed by atoms with Crippen molar-refractivity contribution in [2.75, 3.05) is 11.1 Å². The van der Waals surface area contributed by atoms with Gasteiger partial charge in [-0.15, -0.1) is 0 Å². The lowest BCUT2D eigenvalue weighted by atomic mass is 10.2. The molecule has 0 radical (unpaired) electrons. The van der Waals surface area contributed by atoms with E-state index in [1.165, 1.54) is 12.1 Å². The molecule has 2 rings (SSSR count). The van der Waals surface area contributed by atoms with Gasteiger partial charge in [0.1, 0.15) is 0 Å². The molecule has 0 atom stereocenters. The van der Waals surface area contributed by atoms with Gasteiger partial charge in [-0.05, 0) is 24.3 Å². The number of anilines is 2. The molecule has 2 aromatic carbocycles. The normalized spacial score (nSPS) is 10.4. The summed E-state index contributed by atoms with van der Waals surface area (Å²) in [6.07, 6.45) is 0. The van der Waals surface area contributed by atoms with Gasteiger partial charge in [0.05, 0.1) is 31.5 Å². The van der Waals surface area contributed by atoms with Crippen LogP contribution in [0.4, 0.5) is 11.4 Å². The predicted molar refractivity (Wildman–Crippen MR) is 85.3 cm³/mol. The van der Waals surface area contributed by atoms with Crippen LogP contribution in [-0.2, 0) is 0 Å². The van der Waals surface area contributed by atoms with E-state index in [1.54, 1.807) is 18.2 Å². The molecule has 104 valence electrons. The number of rotatable bonds is 2. The van der Waals surface area contributed by atoms with Gasteiger partial charge >= 0.3 is 0 Å². The van der Waals surface area contributed by atoms with Crippen LogP contribution in [0.15, 0.2) is 30.3 Å². The quantitative estimate of drug-likeness (QED) is 0.738. The number of nitrogen functional groups attached to an aromatic ring is 1. The molecule has 0 spiro atoms. The number of hydrogen-bond donors (Lipinski definition) is 2. The third-order valence-corrected chi connectivity index (χ3v) is 3.97. The van der Waals surface area contributed by atoms with Crippen molar-refractivity contribution in [2.24, 2.45) is 0 Å². The van der Waals surface area contributed by atoms with Gasteiger partial charge in [0.15, 0.2) is 0 Å². The molecule has 0 aliphatic carbocycles. The van der Waals surface area contributed by atoms with E-state index in [-0.39, 0.29) is 21.3 Å². The first kappa shape index (κ1) is 15.3. The van der Waals surface area contributed by atoms with E-state index in [4.69, 9.17) is 52.1 Å².